The summed E-state index contributed by atoms with van der Waals surface area (Å²) in [5, 5.41) is 1.24. The van der Waals surface area contributed by atoms with Crippen LogP contribution in [-0.4, -0.2) is 0 Å². The number of aromatic nitrogens is 1. The summed E-state index contributed by atoms with van der Waals surface area (Å²) in [6.45, 7) is 0.884. The Balaban J connectivity index is 2.09. The van der Waals surface area contributed by atoms with E-state index in [9.17, 15) is 0 Å². The smallest absolute Gasteiger partial charge is 0.194 e. The zero-order valence-electron chi connectivity index (χ0n) is 9.95. The zero-order valence-corrected chi connectivity index (χ0v) is 10.8. The van der Waals surface area contributed by atoms with E-state index in [1.165, 1.54) is 16.5 Å². The molecule has 1 aromatic heterocycles. The minimum atomic E-state index is 0.884. The highest BCUT2D eigenvalue weighted by atomic mass is 32.1. The lowest BCUT2D eigenvalue weighted by molar-refractivity contribution is -0.662. The highest BCUT2D eigenvalue weighted by Gasteiger charge is 2.08. The molecular formula is C16H14NS+. The van der Waals surface area contributed by atoms with Crippen molar-refractivity contribution in [3.8, 4) is 0 Å². The summed E-state index contributed by atoms with van der Waals surface area (Å²) < 4.78 is 2.25. The number of thiol groups is 1. The van der Waals surface area contributed by atoms with Crippen LogP contribution >= 0.6 is 12.6 Å². The van der Waals surface area contributed by atoms with Gasteiger partial charge in [0.25, 0.3) is 0 Å². The Labute approximate surface area is 112 Å². The second kappa shape index (κ2) is 4.83. The van der Waals surface area contributed by atoms with Gasteiger partial charge in [0.2, 0.25) is 5.52 Å². The van der Waals surface area contributed by atoms with Crippen LogP contribution in [0.15, 0.2) is 71.8 Å². The number of hydrogen-bond donors (Lipinski definition) is 1. The third kappa shape index (κ3) is 2.24. The molecule has 0 fully saturated rings. The largest absolute Gasteiger partial charge is 0.213 e. The molecule has 2 aromatic carbocycles. The van der Waals surface area contributed by atoms with Crippen molar-refractivity contribution in [3.63, 3.8) is 0 Å². The molecule has 0 unspecified atom stereocenters. The van der Waals surface area contributed by atoms with Gasteiger partial charge in [-0.3, -0.25) is 0 Å². The molecule has 0 aliphatic rings. The van der Waals surface area contributed by atoms with Gasteiger partial charge in [0.05, 0.1) is 0 Å². The van der Waals surface area contributed by atoms with Crippen molar-refractivity contribution in [2.24, 2.45) is 0 Å². The maximum atomic E-state index is 4.42. The van der Waals surface area contributed by atoms with Crippen LogP contribution in [0.25, 0.3) is 10.9 Å². The van der Waals surface area contributed by atoms with Crippen molar-refractivity contribution in [3.05, 3.63) is 72.4 Å². The molecule has 0 saturated heterocycles. The number of nitrogens with zero attached hydrogens (tertiary/aromatic N) is 1. The van der Waals surface area contributed by atoms with E-state index in [1.54, 1.807) is 0 Å². The minimum Gasteiger partial charge on any atom is -0.194 e. The van der Waals surface area contributed by atoms with Crippen molar-refractivity contribution >= 4 is 23.5 Å². The van der Waals surface area contributed by atoms with E-state index in [0.29, 0.717) is 0 Å². The first-order chi connectivity index (χ1) is 8.83. The maximum absolute atomic E-state index is 4.42. The van der Waals surface area contributed by atoms with Crippen molar-refractivity contribution < 1.29 is 4.57 Å². The molecule has 0 radical (unpaired) electrons. The maximum Gasteiger partial charge on any atom is 0.213 e. The first-order valence-corrected chi connectivity index (χ1v) is 6.43. The molecule has 88 valence electrons. The predicted molar refractivity (Wildman–Crippen MR) is 76.9 cm³/mol. The lowest BCUT2D eigenvalue weighted by atomic mass is 10.2. The number of pyridine rings is 1. The van der Waals surface area contributed by atoms with Crippen LogP contribution in [0, 0.1) is 0 Å². The molecule has 0 bridgehead atoms. The van der Waals surface area contributed by atoms with E-state index in [1.807, 2.05) is 12.1 Å². The Hall–Kier alpha value is -1.80. The third-order valence-corrected chi connectivity index (χ3v) is 3.34. The van der Waals surface area contributed by atoms with Gasteiger partial charge in [-0.1, -0.05) is 30.3 Å². The molecule has 0 saturated carbocycles. The monoisotopic (exact) mass is 252 g/mol. The molecule has 1 nitrogen and oxygen atoms in total. The van der Waals surface area contributed by atoms with Crippen LogP contribution < -0.4 is 4.57 Å². The van der Waals surface area contributed by atoms with Gasteiger partial charge in [-0.2, -0.15) is 4.57 Å². The molecule has 0 aliphatic heterocycles. The lowest BCUT2D eigenvalue weighted by Crippen LogP contribution is -2.34. The van der Waals surface area contributed by atoms with Gasteiger partial charge in [-0.15, -0.1) is 12.6 Å². The van der Waals surface area contributed by atoms with Gasteiger partial charge in [-0.05, 0) is 18.2 Å². The molecule has 0 amide bonds. The Morgan fingerprint density at radius 1 is 0.889 bits per heavy atom. The van der Waals surface area contributed by atoms with E-state index in [2.05, 4.69) is 71.9 Å². The van der Waals surface area contributed by atoms with Crippen molar-refractivity contribution in [2.45, 2.75) is 11.4 Å². The average molecular weight is 252 g/mol. The van der Waals surface area contributed by atoms with Crippen LogP contribution in [0.3, 0.4) is 0 Å². The highest BCUT2D eigenvalue weighted by molar-refractivity contribution is 7.80. The second-order valence-corrected chi connectivity index (χ2v) is 4.88. The summed E-state index contributed by atoms with van der Waals surface area (Å²) in [5.74, 6) is 0. The standard InChI is InChI=1S/C16H13NS/c18-15-9-8-14-7-4-10-17(16(14)11-15)12-13-5-2-1-3-6-13/h1-11H,12H2/p+1. The number of fused-ring (bicyclic) bond motifs is 1. The molecular weight excluding hydrogens is 238 g/mol. The fourth-order valence-corrected chi connectivity index (χ4v) is 2.37. The van der Waals surface area contributed by atoms with Crippen LogP contribution in [0.5, 0.6) is 0 Å². The fraction of sp³-hybridized carbons (Fsp3) is 0.0625. The minimum absolute atomic E-state index is 0.884. The number of hydrogen-bond acceptors (Lipinski definition) is 1. The third-order valence-electron chi connectivity index (χ3n) is 3.06. The first kappa shape index (κ1) is 11.3. The summed E-state index contributed by atoms with van der Waals surface area (Å²) in [6, 6.07) is 21.0. The van der Waals surface area contributed by atoms with Crippen LogP contribution in [0.4, 0.5) is 0 Å². The van der Waals surface area contributed by atoms with Crippen LogP contribution in [0.1, 0.15) is 5.56 Å². The van der Waals surface area contributed by atoms with Gasteiger partial charge in [0, 0.05) is 28.0 Å². The van der Waals surface area contributed by atoms with E-state index in [0.717, 1.165) is 11.4 Å². The molecule has 2 heteroatoms. The topological polar surface area (TPSA) is 3.88 Å². The number of benzene rings is 2. The fourth-order valence-electron chi connectivity index (χ4n) is 2.17. The summed E-state index contributed by atoms with van der Waals surface area (Å²) in [5.41, 5.74) is 2.52. The van der Waals surface area contributed by atoms with E-state index >= 15 is 0 Å². The van der Waals surface area contributed by atoms with Gasteiger partial charge in [-0.25, -0.2) is 0 Å². The highest BCUT2D eigenvalue weighted by Crippen LogP contribution is 2.15. The van der Waals surface area contributed by atoms with Gasteiger partial charge in [0.1, 0.15) is 0 Å². The van der Waals surface area contributed by atoms with E-state index < -0.39 is 0 Å². The Kier molecular flexibility index (Phi) is 3.03. The first-order valence-electron chi connectivity index (χ1n) is 5.98. The normalized spacial score (nSPS) is 10.7. The van der Waals surface area contributed by atoms with Crippen molar-refractivity contribution in [1.29, 1.82) is 0 Å². The molecule has 1 heterocycles. The SMILES string of the molecule is Sc1ccc2ccc[n+](Cc3ccccc3)c2c1. The Morgan fingerprint density at radius 2 is 1.72 bits per heavy atom. The molecule has 3 aromatic rings. The summed E-state index contributed by atoms with van der Waals surface area (Å²) in [6.07, 6.45) is 2.11. The summed E-state index contributed by atoms with van der Waals surface area (Å²) in [4.78, 5) is 0.996. The van der Waals surface area contributed by atoms with Crippen molar-refractivity contribution in [1.82, 2.24) is 0 Å². The molecule has 0 aliphatic carbocycles. The van der Waals surface area contributed by atoms with Crippen molar-refractivity contribution in [2.75, 3.05) is 0 Å². The van der Waals surface area contributed by atoms with E-state index in [4.69, 9.17) is 0 Å². The van der Waals surface area contributed by atoms with Gasteiger partial charge < -0.3 is 0 Å². The Morgan fingerprint density at radius 3 is 2.56 bits per heavy atom. The predicted octanol–water partition coefficient (Wildman–Crippen LogP) is 3.46. The van der Waals surface area contributed by atoms with Gasteiger partial charge in [0.15, 0.2) is 12.7 Å². The molecule has 0 atom stereocenters. The van der Waals surface area contributed by atoms with Gasteiger partial charge >= 0.3 is 0 Å². The molecule has 18 heavy (non-hydrogen) atoms. The number of rotatable bonds is 2. The summed E-state index contributed by atoms with van der Waals surface area (Å²) in [7, 11) is 0. The van der Waals surface area contributed by atoms with Crippen LogP contribution in [0.2, 0.25) is 0 Å². The summed E-state index contributed by atoms with van der Waals surface area (Å²) >= 11 is 4.42. The molecule has 3 rings (SSSR count). The Bertz CT molecular complexity index is 677. The zero-order chi connectivity index (χ0) is 12.4. The second-order valence-electron chi connectivity index (χ2n) is 4.36. The molecule has 0 spiro atoms. The molecule has 0 N–H and O–H groups in total. The quantitative estimate of drug-likeness (QED) is 0.526. The van der Waals surface area contributed by atoms with Crippen LogP contribution in [-0.2, 0) is 6.54 Å². The van der Waals surface area contributed by atoms with E-state index in [-0.39, 0.29) is 0 Å². The lowest BCUT2D eigenvalue weighted by Gasteiger charge is -2.02. The average Bonchev–Trinajstić information content (AvgIpc) is 2.41.